The Kier molecular flexibility index (Phi) is 5.22. The molecule has 7 nitrogen and oxygen atoms in total. The molecule has 1 saturated heterocycles. The summed E-state index contributed by atoms with van der Waals surface area (Å²) in [6.45, 7) is 3.10. The van der Waals surface area contributed by atoms with Crippen LogP contribution in [-0.4, -0.2) is 54.7 Å². The number of hydrogen-bond donors (Lipinski definition) is 0. The van der Waals surface area contributed by atoms with Gasteiger partial charge in [0.1, 0.15) is 9.81 Å². The summed E-state index contributed by atoms with van der Waals surface area (Å²) in [5.41, 5.74) is 2.03. The van der Waals surface area contributed by atoms with Crippen molar-refractivity contribution in [3.63, 3.8) is 0 Å². The van der Waals surface area contributed by atoms with Crippen molar-refractivity contribution in [2.45, 2.75) is 42.5 Å². The number of benzene rings is 1. The first-order chi connectivity index (χ1) is 15.3. The van der Waals surface area contributed by atoms with E-state index in [1.54, 1.807) is 29.3 Å². The number of sulfonamides is 1. The largest absolute Gasteiger partial charge is 0.450 e. The molecule has 168 valence electrons. The second-order valence-corrected chi connectivity index (χ2v) is 11.6. The van der Waals surface area contributed by atoms with Crippen molar-refractivity contribution in [2.24, 2.45) is 0 Å². The molecule has 0 saturated carbocycles. The predicted molar refractivity (Wildman–Crippen MR) is 119 cm³/mol. The van der Waals surface area contributed by atoms with Crippen molar-refractivity contribution in [3.05, 3.63) is 64.1 Å². The van der Waals surface area contributed by atoms with Crippen LogP contribution in [0.25, 0.3) is 0 Å². The van der Waals surface area contributed by atoms with E-state index in [2.05, 4.69) is 6.07 Å². The normalized spacial score (nSPS) is 21.0. The van der Waals surface area contributed by atoms with Crippen LogP contribution >= 0.6 is 11.3 Å². The standard InChI is InChI=1S/C23H24N2O5S2/c1-16-20(21(26)24-11-8-17-5-2-3-6-18(17)15-24)23(30-22(16)27)9-12-25(13-10-23)32(28,29)19-7-4-14-31-19/h2-7,14H,8-13,15H2,1H3. The van der Waals surface area contributed by atoms with Gasteiger partial charge in [0.15, 0.2) is 0 Å². The lowest BCUT2D eigenvalue weighted by Gasteiger charge is -2.40. The van der Waals surface area contributed by atoms with Gasteiger partial charge in [0.25, 0.3) is 15.9 Å². The second kappa shape index (κ2) is 7.83. The van der Waals surface area contributed by atoms with Crippen molar-refractivity contribution in [1.29, 1.82) is 0 Å². The number of esters is 1. The summed E-state index contributed by atoms with van der Waals surface area (Å²) in [7, 11) is -3.58. The van der Waals surface area contributed by atoms with Crippen LogP contribution < -0.4 is 0 Å². The Bertz CT molecular complexity index is 1210. The quantitative estimate of drug-likeness (QED) is 0.642. The average Bonchev–Trinajstić information content (AvgIpc) is 3.42. The summed E-state index contributed by atoms with van der Waals surface area (Å²) < 4.78 is 33.3. The minimum atomic E-state index is -3.58. The molecule has 1 spiro atoms. The highest BCUT2D eigenvalue weighted by Crippen LogP contribution is 2.43. The lowest BCUT2D eigenvalue weighted by Crippen LogP contribution is -2.51. The third kappa shape index (κ3) is 3.39. The molecular weight excluding hydrogens is 448 g/mol. The zero-order valence-electron chi connectivity index (χ0n) is 17.7. The predicted octanol–water partition coefficient (Wildman–Crippen LogP) is 2.73. The van der Waals surface area contributed by atoms with Crippen LogP contribution in [0.1, 0.15) is 30.9 Å². The summed E-state index contributed by atoms with van der Waals surface area (Å²) in [4.78, 5) is 27.9. The van der Waals surface area contributed by atoms with E-state index in [1.165, 1.54) is 21.2 Å². The number of carbonyl (C=O) groups is 2. The fraction of sp³-hybridized carbons (Fsp3) is 0.391. The van der Waals surface area contributed by atoms with Gasteiger partial charge in [-0.15, -0.1) is 11.3 Å². The van der Waals surface area contributed by atoms with E-state index in [0.29, 0.717) is 28.4 Å². The van der Waals surface area contributed by atoms with Gasteiger partial charge in [-0.1, -0.05) is 30.3 Å². The molecule has 5 rings (SSSR count). The van der Waals surface area contributed by atoms with Gasteiger partial charge in [0.2, 0.25) is 0 Å². The molecule has 1 aromatic carbocycles. The zero-order chi connectivity index (χ0) is 22.5. The minimum Gasteiger partial charge on any atom is -0.450 e. The second-order valence-electron chi connectivity index (χ2n) is 8.47. The lowest BCUT2D eigenvalue weighted by molar-refractivity contribution is -0.150. The summed E-state index contributed by atoms with van der Waals surface area (Å²) in [5.74, 6) is -0.669. The maximum absolute atomic E-state index is 13.6. The molecule has 3 aliphatic rings. The van der Waals surface area contributed by atoms with E-state index in [-0.39, 0.29) is 31.8 Å². The van der Waals surface area contributed by atoms with E-state index in [0.717, 1.165) is 12.0 Å². The molecule has 0 aliphatic carbocycles. The summed E-state index contributed by atoms with van der Waals surface area (Å²) in [5, 5.41) is 1.73. The maximum Gasteiger partial charge on any atom is 0.335 e. The number of nitrogens with zero attached hydrogens (tertiary/aromatic N) is 2. The Hall–Kier alpha value is -2.49. The first-order valence-electron chi connectivity index (χ1n) is 10.7. The Morgan fingerprint density at radius 2 is 1.78 bits per heavy atom. The van der Waals surface area contributed by atoms with Crippen molar-refractivity contribution in [3.8, 4) is 0 Å². The van der Waals surface area contributed by atoms with E-state index in [9.17, 15) is 18.0 Å². The Morgan fingerprint density at radius 3 is 2.47 bits per heavy atom. The smallest absolute Gasteiger partial charge is 0.335 e. The fourth-order valence-corrected chi connectivity index (χ4v) is 7.49. The average molecular weight is 473 g/mol. The number of fused-ring (bicyclic) bond motifs is 1. The third-order valence-electron chi connectivity index (χ3n) is 6.68. The van der Waals surface area contributed by atoms with Crippen molar-refractivity contribution in [1.82, 2.24) is 9.21 Å². The number of carbonyl (C=O) groups excluding carboxylic acids is 2. The SMILES string of the molecule is CC1=C(C(=O)N2CCc3ccccc3C2)C2(CCN(S(=O)(=O)c3cccs3)CC2)OC1=O. The highest BCUT2D eigenvalue weighted by Gasteiger charge is 2.53. The number of amides is 1. The van der Waals surface area contributed by atoms with Crippen LogP contribution in [0.5, 0.6) is 0 Å². The highest BCUT2D eigenvalue weighted by atomic mass is 32.2. The van der Waals surface area contributed by atoms with Gasteiger partial charge in [-0.2, -0.15) is 4.31 Å². The van der Waals surface area contributed by atoms with Crippen LogP contribution in [0, 0.1) is 0 Å². The lowest BCUT2D eigenvalue weighted by atomic mass is 9.82. The molecule has 1 amide bonds. The maximum atomic E-state index is 13.6. The van der Waals surface area contributed by atoms with Crippen molar-refractivity contribution in [2.75, 3.05) is 19.6 Å². The number of piperidine rings is 1. The van der Waals surface area contributed by atoms with E-state index >= 15 is 0 Å². The van der Waals surface area contributed by atoms with Crippen molar-refractivity contribution < 1.29 is 22.7 Å². The van der Waals surface area contributed by atoms with Crippen molar-refractivity contribution >= 4 is 33.2 Å². The number of hydrogen-bond acceptors (Lipinski definition) is 6. The van der Waals surface area contributed by atoms with Crippen LogP contribution in [0.4, 0.5) is 0 Å². The van der Waals surface area contributed by atoms with Gasteiger partial charge < -0.3 is 9.64 Å². The molecule has 4 heterocycles. The van der Waals surface area contributed by atoms with E-state index in [4.69, 9.17) is 4.74 Å². The van der Waals surface area contributed by atoms with Gasteiger partial charge in [-0.3, -0.25) is 4.79 Å². The molecule has 0 bridgehead atoms. The summed E-state index contributed by atoms with van der Waals surface area (Å²) in [6, 6.07) is 11.4. The summed E-state index contributed by atoms with van der Waals surface area (Å²) >= 11 is 1.18. The molecule has 1 aromatic heterocycles. The molecule has 2 aromatic rings. The van der Waals surface area contributed by atoms with Gasteiger partial charge in [0.05, 0.1) is 5.57 Å². The van der Waals surface area contributed by atoms with Gasteiger partial charge >= 0.3 is 5.97 Å². The number of thiophene rings is 1. The molecule has 0 atom stereocenters. The first-order valence-corrected chi connectivity index (χ1v) is 13.0. The molecule has 32 heavy (non-hydrogen) atoms. The Balaban J connectivity index is 1.38. The van der Waals surface area contributed by atoms with Crippen LogP contribution in [-0.2, 0) is 37.3 Å². The van der Waals surface area contributed by atoms with Gasteiger partial charge in [0, 0.05) is 44.6 Å². The highest BCUT2D eigenvalue weighted by molar-refractivity contribution is 7.91. The zero-order valence-corrected chi connectivity index (χ0v) is 19.4. The van der Waals surface area contributed by atoms with E-state index < -0.39 is 21.6 Å². The molecule has 1 fully saturated rings. The van der Waals surface area contributed by atoms with Crippen LogP contribution in [0.15, 0.2) is 57.1 Å². The molecular formula is C23H24N2O5S2. The first kappa shape index (κ1) is 21.4. The molecule has 9 heteroatoms. The third-order valence-corrected chi connectivity index (χ3v) is 9.95. The van der Waals surface area contributed by atoms with Gasteiger partial charge in [-0.05, 0) is 35.9 Å². The minimum absolute atomic E-state index is 0.183. The van der Waals surface area contributed by atoms with Crippen LogP contribution in [0.3, 0.4) is 0 Å². The molecule has 0 radical (unpaired) electrons. The number of rotatable bonds is 3. The van der Waals surface area contributed by atoms with E-state index in [1.807, 2.05) is 18.2 Å². The van der Waals surface area contributed by atoms with Gasteiger partial charge in [-0.25, -0.2) is 13.2 Å². The monoisotopic (exact) mass is 472 g/mol. The number of ether oxygens (including phenoxy) is 1. The molecule has 0 N–H and O–H groups in total. The Morgan fingerprint density at radius 1 is 1.06 bits per heavy atom. The Labute approximate surface area is 191 Å². The summed E-state index contributed by atoms with van der Waals surface area (Å²) in [6.07, 6.45) is 1.31. The fourth-order valence-electron chi connectivity index (χ4n) is 4.91. The topological polar surface area (TPSA) is 84.0 Å². The van der Waals surface area contributed by atoms with Crippen LogP contribution in [0.2, 0.25) is 0 Å². The molecule has 0 unspecified atom stereocenters. The molecule has 3 aliphatic heterocycles.